The summed E-state index contributed by atoms with van der Waals surface area (Å²) in [7, 11) is 0. The van der Waals surface area contributed by atoms with E-state index >= 15 is 0 Å². The molecule has 0 spiro atoms. The quantitative estimate of drug-likeness (QED) is 0.609. The third-order valence-electron chi connectivity index (χ3n) is 2.78. The van der Waals surface area contributed by atoms with Crippen LogP contribution in [0.4, 0.5) is 0 Å². The van der Waals surface area contributed by atoms with E-state index in [1.165, 1.54) is 27.8 Å². The van der Waals surface area contributed by atoms with E-state index in [0.29, 0.717) is 0 Å². The number of benzene rings is 1. The van der Waals surface area contributed by atoms with Gasteiger partial charge in [0.15, 0.2) is 0 Å². The van der Waals surface area contributed by atoms with E-state index < -0.39 is 0 Å². The Labute approximate surface area is 111 Å². The zero-order valence-electron chi connectivity index (χ0n) is 11.8. The van der Waals surface area contributed by atoms with Crippen LogP contribution in [0.3, 0.4) is 0 Å². The lowest BCUT2D eigenvalue weighted by Crippen LogP contribution is -1.91. The van der Waals surface area contributed by atoms with Gasteiger partial charge in [0.1, 0.15) is 0 Å². The van der Waals surface area contributed by atoms with Gasteiger partial charge in [0.05, 0.1) is 0 Å². The van der Waals surface area contributed by atoms with Gasteiger partial charge < -0.3 is 0 Å². The summed E-state index contributed by atoms with van der Waals surface area (Å²) in [4.78, 5) is 0. The summed E-state index contributed by atoms with van der Waals surface area (Å²) in [5, 5.41) is 0. The highest BCUT2D eigenvalue weighted by Crippen LogP contribution is 2.27. The van der Waals surface area contributed by atoms with E-state index in [1.54, 1.807) is 0 Å². The number of hydrogen-bond donors (Lipinski definition) is 0. The standard InChI is InChI=1S/C18H22/c1-6-10-16(13-14(3)4)17(7-2)18-12-9-8-11-15(18)5/h6-13H,1H2,2-5H3/b16-10+,17-7-. The third-order valence-corrected chi connectivity index (χ3v) is 2.78. The molecule has 0 aromatic heterocycles. The van der Waals surface area contributed by atoms with Crippen molar-refractivity contribution in [2.45, 2.75) is 27.7 Å². The van der Waals surface area contributed by atoms with Crippen molar-refractivity contribution >= 4 is 5.57 Å². The average Bonchev–Trinajstić information content (AvgIpc) is 2.32. The molecule has 0 N–H and O–H groups in total. The highest BCUT2D eigenvalue weighted by atomic mass is 14.1. The molecule has 0 radical (unpaired) electrons. The maximum absolute atomic E-state index is 3.81. The second-order valence-corrected chi connectivity index (χ2v) is 4.60. The first-order chi connectivity index (χ1) is 8.60. The first-order valence-electron chi connectivity index (χ1n) is 6.30. The van der Waals surface area contributed by atoms with Gasteiger partial charge >= 0.3 is 0 Å². The molecule has 94 valence electrons. The third kappa shape index (κ3) is 3.59. The summed E-state index contributed by atoms with van der Waals surface area (Å²) in [6.07, 6.45) is 8.27. The first-order valence-corrected chi connectivity index (χ1v) is 6.30. The average molecular weight is 238 g/mol. The Morgan fingerprint density at radius 3 is 2.33 bits per heavy atom. The molecule has 0 aliphatic carbocycles. The van der Waals surface area contributed by atoms with Crippen molar-refractivity contribution in [1.82, 2.24) is 0 Å². The van der Waals surface area contributed by atoms with Gasteiger partial charge in [0.25, 0.3) is 0 Å². The smallest absolute Gasteiger partial charge is 0.0152 e. The number of allylic oxidation sites excluding steroid dienone is 7. The molecule has 1 rings (SSSR count). The summed E-state index contributed by atoms with van der Waals surface area (Å²) >= 11 is 0. The second-order valence-electron chi connectivity index (χ2n) is 4.60. The summed E-state index contributed by atoms with van der Waals surface area (Å²) < 4.78 is 0. The minimum Gasteiger partial charge on any atom is -0.0990 e. The molecule has 0 unspecified atom stereocenters. The lowest BCUT2D eigenvalue weighted by atomic mass is 9.93. The molecule has 0 bridgehead atoms. The summed E-state index contributed by atoms with van der Waals surface area (Å²) in [6, 6.07) is 8.47. The van der Waals surface area contributed by atoms with Gasteiger partial charge in [-0.05, 0) is 50.0 Å². The van der Waals surface area contributed by atoms with Crippen LogP contribution in [0.5, 0.6) is 0 Å². The molecule has 1 aromatic rings. The van der Waals surface area contributed by atoms with E-state index in [2.05, 4.69) is 76.8 Å². The summed E-state index contributed by atoms with van der Waals surface area (Å²) in [6.45, 7) is 12.3. The van der Waals surface area contributed by atoms with Crippen LogP contribution in [0.1, 0.15) is 31.9 Å². The molecule has 18 heavy (non-hydrogen) atoms. The fraction of sp³-hybridized carbons (Fsp3) is 0.222. The van der Waals surface area contributed by atoms with E-state index in [0.717, 1.165) is 0 Å². The molecule has 0 saturated heterocycles. The Balaban J connectivity index is 3.34. The van der Waals surface area contributed by atoms with Crippen molar-refractivity contribution in [3.63, 3.8) is 0 Å². The fourth-order valence-corrected chi connectivity index (χ4v) is 2.01. The van der Waals surface area contributed by atoms with Crippen LogP contribution in [-0.2, 0) is 0 Å². The van der Waals surface area contributed by atoms with Crippen LogP contribution in [0.15, 0.2) is 66.3 Å². The van der Waals surface area contributed by atoms with Crippen molar-refractivity contribution in [2.75, 3.05) is 0 Å². The maximum atomic E-state index is 3.81. The van der Waals surface area contributed by atoms with Crippen molar-refractivity contribution in [1.29, 1.82) is 0 Å². The van der Waals surface area contributed by atoms with E-state index in [9.17, 15) is 0 Å². The molecular weight excluding hydrogens is 216 g/mol. The van der Waals surface area contributed by atoms with Crippen LogP contribution in [-0.4, -0.2) is 0 Å². The topological polar surface area (TPSA) is 0 Å². The summed E-state index contributed by atoms with van der Waals surface area (Å²) in [5.74, 6) is 0. The van der Waals surface area contributed by atoms with Crippen molar-refractivity contribution in [3.05, 3.63) is 77.4 Å². The van der Waals surface area contributed by atoms with Gasteiger partial charge in [-0.15, -0.1) is 0 Å². The Morgan fingerprint density at radius 1 is 1.17 bits per heavy atom. The zero-order valence-corrected chi connectivity index (χ0v) is 11.8. The Kier molecular flexibility index (Phi) is 5.38. The Hall–Kier alpha value is -1.82. The molecule has 1 aromatic carbocycles. The minimum atomic E-state index is 1.21. The van der Waals surface area contributed by atoms with Gasteiger partial charge in [-0.2, -0.15) is 0 Å². The molecule has 0 atom stereocenters. The highest BCUT2D eigenvalue weighted by molar-refractivity contribution is 5.83. The molecule has 0 saturated carbocycles. The molecule has 0 nitrogen and oxygen atoms in total. The van der Waals surface area contributed by atoms with Gasteiger partial charge in [0, 0.05) is 0 Å². The lowest BCUT2D eigenvalue weighted by Gasteiger charge is -2.12. The van der Waals surface area contributed by atoms with E-state index in [1.807, 2.05) is 6.08 Å². The van der Waals surface area contributed by atoms with Crippen molar-refractivity contribution < 1.29 is 0 Å². The normalized spacial score (nSPS) is 12.2. The SMILES string of the molecule is C=C/C=C(C=C(C)C)/C(=C/C)c1ccccc1C. The van der Waals surface area contributed by atoms with Crippen LogP contribution >= 0.6 is 0 Å². The van der Waals surface area contributed by atoms with Crippen molar-refractivity contribution in [2.24, 2.45) is 0 Å². The van der Waals surface area contributed by atoms with Crippen molar-refractivity contribution in [3.8, 4) is 0 Å². The predicted octanol–water partition coefficient (Wildman–Crippen LogP) is 5.48. The van der Waals surface area contributed by atoms with Gasteiger partial charge in [0.2, 0.25) is 0 Å². The van der Waals surface area contributed by atoms with Gasteiger partial charge in [-0.3, -0.25) is 0 Å². The zero-order chi connectivity index (χ0) is 13.5. The van der Waals surface area contributed by atoms with E-state index in [-0.39, 0.29) is 0 Å². The molecule has 0 aliphatic heterocycles. The van der Waals surface area contributed by atoms with Crippen LogP contribution in [0.25, 0.3) is 5.57 Å². The number of hydrogen-bond acceptors (Lipinski definition) is 0. The molecule has 0 amide bonds. The molecule has 0 heteroatoms. The highest BCUT2D eigenvalue weighted by Gasteiger charge is 2.06. The van der Waals surface area contributed by atoms with Gasteiger partial charge in [-0.1, -0.05) is 60.7 Å². The van der Waals surface area contributed by atoms with Crippen LogP contribution < -0.4 is 0 Å². The lowest BCUT2D eigenvalue weighted by molar-refractivity contribution is 1.36. The van der Waals surface area contributed by atoms with Crippen LogP contribution in [0, 0.1) is 6.92 Å². The predicted molar refractivity (Wildman–Crippen MR) is 82.5 cm³/mol. The fourth-order valence-electron chi connectivity index (χ4n) is 2.01. The van der Waals surface area contributed by atoms with E-state index in [4.69, 9.17) is 0 Å². The molecule has 0 aliphatic rings. The second kappa shape index (κ2) is 6.80. The molecule has 0 heterocycles. The molecular formula is C18H22. The largest absolute Gasteiger partial charge is 0.0990 e. The summed E-state index contributed by atoms with van der Waals surface area (Å²) in [5.41, 5.74) is 6.33. The minimum absolute atomic E-state index is 1.21. The number of rotatable bonds is 4. The maximum Gasteiger partial charge on any atom is -0.0152 e. The molecule has 0 fully saturated rings. The Bertz CT molecular complexity index is 507. The number of aryl methyl sites for hydroxylation is 1. The first kappa shape index (κ1) is 14.2. The Morgan fingerprint density at radius 2 is 1.83 bits per heavy atom. The van der Waals surface area contributed by atoms with Crippen LogP contribution in [0.2, 0.25) is 0 Å². The van der Waals surface area contributed by atoms with Gasteiger partial charge in [-0.25, -0.2) is 0 Å². The monoisotopic (exact) mass is 238 g/mol.